The monoisotopic (exact) mass is 308 g/mol. The van der Waals surface area contributed by atoms with Crippen LogP contribution in [0.25, 0.3) is 5.69 Å². The molecule has 0 N–H and O–H groups in total. The molecule has 2 heterocycles. The molecule has 0 saturated heterocycles. The summed E-state index contributed by atoms with van der Waals surface area (Å²) >= 11 is 5.95. The van der Waals surface area contributed by atoms with E-state index in [0.717, 1.165) is 22.8 Å². The molecule has 0 atom stereocenters. The first-order valence-electron chi connectivity index (χ1n) is 6.75. The molecule has 0 saturated carbocycles. The predicted octanol–water partition coefficient (Wildman–Crippen LogP) is 3.33. The number of aryl methyl sites for hydroxylation is 2. The van der Waals surface area contributed by atoms with Gasteiger partial charge in [-0.15, -0.1) is 0 Å². The highest BCUT2D eigenvalue weighted by Crippen LogP contribution is 2.12. The summed E-state index contributed by atoms with van der Waals surface area (Å²) in [5.74, 6) is 6.97. The summed E-state index contributed by atoms with van der Waals surface area (Å²) in [4.78, 5) is 4.46. The lowest BCUT2D eigenvalue weighted by molar-refractivity contribution is 0.913. The van der Waals surface area contributed by atoms with E-state index in [9.17, 15) is 0 Å². The van der Waals surface area contributed by atoms with Crippen molar-refractivity contribution in [1.29, 1.82) is 0 Å². The Labute approximate surface area is 133 Å². The van der Waals surface area contributed by atoms with Crippen molar-refractivity contribution in [1.82, 2.24) is 19.7 Å². The Morgan fingerprint density at radius 1 is 1.14 bits per heavy atom. The number of imidazole rings is 1. The predicted molar refractivity (Wildman–Crippen MR) is 86.1 cm³/mol. The van der Waals surface area contributed by atoms with Crippen molar-refractivity contribution in [2.24, 2.45) is 0 Å². The van der Waals surface area contributed by atoms with E-state index >= 15 is 0 Å². The van der Waals surface area contributed by atoms with E-state index in [1.54, 1.807) is 6.20 Å². The maximum atomic E-state index is 5.95. The van der Waals surface area contributed by atoms with E-state index in [-0.39, 0.29) is 0 Å². The molecule has 108 valence electrons. The maximum absolute atomic E-state index is 5.95. The highest BCUT2D eigenvalue weighted by Gasteiger charge is 2.05. The summed E-state index contributed by atoms with van der Waals surface area (Å²) in [5, 5.41) is 8.60. The Bertz CT molecular complexity index is 887. The lowest BCUT2D eigenvalue weighted by Crippen LogP contribution is -1.98. The SMILES string of the molecule is Cc1cc(-n2cc(C#Cc3cccc(Cl)c3)nc2C)cnn1. The van der Waals surface area contributed by atoms with Crippen LogP contribution in [-0.4, -0.2) is 19.7 Å². The molecule has 0 aliphatic rings. The molecule has 0 amide bonds. The molecule has 0 bridgehead atoms. The summed E-state index contributed by atoms with van der Waals surface area (Å²) < 4.78 is 1.95. The molecule has 22 heavy (non-hydrogen) atoms. The van der Waals surface area contributed by atoms with Gasteiger partial charge in [-0.25, -0.2) is 4.98 Å². The van der Waals surface area contributed by atoms with Crippen LogP contribution in [0.4, 0.5) is 0 Å². The van der Waals surface area contributed by atoms with Crippen LogP contribution >= 0.6 is 11.6 Å². The minimum Gasteiger partial charge on any atom is -0.301 e. The summed E-state index contributed by atoms with van der Waals surface area (Å²) in [6.07, 6.45) is 3.60. The summed E-state index contributed by atoms with van der Waals surface area (Å²) in [6.45, 7) is 3.84. The third-order valence-corrected chi connectivity index (χ3v) is 3.32. The van der Waals surface area contributed by atoms with Gasteiger partial charge >= 0.3 is 0 Å². The number of aromatic nitrogens is 4. The molecule has 0 spiro atoms. The quantitative estimate of drug-likeness (QED) is 0.648. The second kappa shape index (κ2) is 6.00. The van der Waals surface area contributed by atoms with Crippen molar-refractivity contribution in [3.05, 3.63) is 70.5 Å². The van der Waals surface area contributed by atoms with Crippen LogP contribution in [0.3, 0.4) is 0 Å². The average molecular weight is 309 g/mol. The van der Waals surface area contributed by atoms with Crippen LogP contribution < -0.4 is 0 Å². The first kappa shape index (κ1) is 14.3. The Balaban J connectivity index is 1.93. The standard InChI is InChI=1S/C17H13ClN4/c1-12-8-17(10-19-21-12)22-11-16(20-13(22)2)7-6-14-4-3-5-15(18)9-14/h3-5,8-11H,1-2H3. The van der Waals surface area contributed by atoms with Crippen LogP contribution in [0, 0.1) is 25.7 Å². The van der Waals surface area contributed by atoms with Crippen molar-refractivity contribution in [2.75, 3.05) is 0 Å². The summed E-state index contributed by atoms with van der Waals surface area (Å²) in [7, 11) is 0. The smallest absolute Gasteiger partial charge is 0.132 e. The number of hydrogen-bond acceptors (Lipinski definition) is 3. The van der Waals surface area contributed by atoms with Crippen LogP contribution in [0.2, 0.25) is 5.02 Å². The number of rotatable bonds is 1. The van der Waals surface area contributed by atoms with Crippen molar-refractivity contribution in [3.63, 3.8) is 0 Å². The van der Waals surface area contributed by atoms with E-state index in [1.165, 1.54) is 0 Å². The molecular formula is C17H13ClN4. The molecule has 4 nitrogen and oxygen atoms in total. The van der Waals surface area contributed by atoms with Gasteiger partial charge < -0.3 is 4.57 Å². The molecule has 0 fully saturated rings. The normalized spacial score (nSPS) is 10.1. The Hall–Kier alpha value is -2.64. The van der Waals surface area contributed by atoms with E-state index in [2.05, 4.69) is 27.0 Å². The number of hydrogen-bond donors (Lipinski definition) is 0. The molecule has 0 radical (unpaired) electrons. The molecule has 5 heteroatoms. The highest BCUT2D eigenvalue weighted by molar-refractivity contribution is 6.30. The molecular weight excluding hydrogens is 296 g/mol. The third-order valence-electron chi connectivity index (χ3n) is 3.08. The van der Waals surface area contributed by atoms with Crippen molar-refractivity contribution < 1.29 is 0 Å². The molecule has 3 rings (SSSR count). The van der Waals surface area contributed by atoms with Gasteiger partial charge in [0.15, 0.2) is 0 Å². The highest BCUT2D eigenvalue weighted by atomic mass is 35.5. The van der Waals surface area contributed by atoms with Crippen LogP contribution in [-0.2, 0) is 0 Å². The minimum absolute atomic E-state index is 0.673. The molecule has 0 aliphatic heterocycles. The zero-order valence-corrected chi connectivity index (χ0v) is 13.0. The largest absolute Gasteiger partial charge is 0.301 e. The molecule has 2 aromatic heterocycles. The van der Waals surface area contributed by atoms with Crippen molar-refractivity contribution >= 4 is 11.6 Å². The van der Waals surface area contributed by atoms with Gasteiger partial charge in [-0.1, -0.05) is 23.6 Å². The van der Waals surface area contributed by atoms with Gasteiger partial charge in [0.2, 0.25) is 0 Å². The van der Waals surface area contributed by atoms with Crippen LogP contribution in [0.1, 0.15) is 22.8 Å². The van der Waals surface area contributed by atoms with Crippen LogP contribution in [0.15, 0.2) is 42.7 Å². The van der Waals surface area contributed by atoms with Gasteiger partial charge in [-0.05, 0) is 44.0 Å². The Morgan fingerprint density at radius 3 is 2.77 bits per heavy atom. The average Bonchev–Trinajstić information content (AvgIpc) is 2.86. The molecule has 1 aromatic carbocycles. The Morgan fingerprint density at radius 2 is 2.00 bits per heavy atom. The topological polar surface area (TPSA) is 43.6 Å². The van der Waals surface area contributed by atoms with Crippen molar-refractivity contribution in [2.45, 2.75) is 13.8 Å². The first-order valence-corrected chi connectivity index (χ1v) is 7.13. The molecule has 3 aromatic rings. The van der Waals surface area contributed by atoms with Gasteiger partial charge in [0.05, 0.1) is 17.6 Å². The maximum Gasteiger partial charge on any atom is 0.132 e. The minimum atomic E-state index is 0.673. The fourth-order valence-corrected chi connectivity index (χ4v) is 2.28. The van der Waals surface area contributed by atoms with Gasteiger partial charge in [-0.2, -0.15) is 10.2 Å². The number of nitrogens with zero attached hydrogens (tertiary/aromatic N) is 4. The molecule has 0 aliphatic carbocycles. The van der Waals surface area contributed by atoms with E-state index < -0.39 is 0 Å². The van der Waals surface area contributed by atoms with Crippen molar-refractivity contribution in [3.8, 4) is 17.5 Å². The summed E-state index contributed by atoms with van der Waals surface area (Å²) in [5.41, 5.74) is 3.35. The van der Waals surface area contributed by atoms with Gasteiger partial charge in [-0.3, -0.25) is 0 Å². The molecule has 0 unspecified atom stereocenters. The fraction of sp³-hybridized carbons (Fsp3) is 0.118. The second-order valence-electron chi connectivity index (χ2n) is 4.86. The Kier molecular flexibility index (Phi) is 3.90. The summed E-state index contributed by atoms with van der Waals surface area (Å²) in [6, 6.07) is 9.40. The van der Waals surface area contributed by atoms with Crippen LogP contribution in [0.5, 0.6) is 0 Å². The fourth-order valence-electron chi connectivity index (χ4n) is 2.09. The zero-order chi connectivity index (χ0) is 15.5. The first-order chi connectivity index (χ1) is 10.6. The number of benzene rings is 1. The van der Waals surface area contributed by atoms with Gasteiger partial charge in [0.1, 0.15) is 11.5 Å². The van der Waals surface area contributed by atoms with Gasteiger partial charge in [0.25, 0.3) is 0 Å². The lowest BCUT2D eigenvalue weighted by Gasteiger charge is -2.03. The van der Waals surface area contributed by atoms with E-state index in [1.807, 2.05) is 54.9 Å². The van der Waals surface area contributed by atoms with E-state index in [0.29, 0.717) is 10.7 Å². The number of halogens is 1. The zero-order valence-electron chi connectivity index (χ0n) is 12.2. The lowest BCUT2D eigenvalue weighted by atomic mass is 10.2. The van der Waals surface area contributed by atoms with E-state index in [4.69, 9.17) is 11.6 Å². The van der Waals surface area contributed by atoms with Gasteiger partial charge in [0, 0.05) is 16.8 Å². The second-order valence-corrected chi connectivity index (χ2v) is 5.30. The third kappa shape index (κ3) is 3.16.